The second kappa shape index (κ2) is 8.54. The Morgan fingerprint density at radius 3 is 2.38 bits per heavy atom. The number of alkyl halides is 1. The molecule has 0 aliphatic heterocycles. The highest BCUT2D eigenvalue weighted by molar-refractivity contribution is 7.84. The first-order valence-electron chi connectivity index (χ1n) is 7.07. The molecule has 0 N–H and O–H groups in total. The summed E-state index contributed by atoms with van der Waals surface area (Å²) in [5.41, 5.74) is 3.52. The minimum absolute atomic E-state index is 0.0233. The van der Waals surface area contributed by atoms with Crippen LogP contribution < -0.4 is 0 Å². The van der Waals surface area contributed by atoms with Gasteiger partial charge in [-0.05, 0) is 43.9 Å². The molecule has 1 aromatic carbocycles. The van der Waals surface area contributed by atoms with Crippen molar-refractivity contribution < 1.29 is 9.00 Å². The van der Waals surface area contributed by atoms with Crippen LogP contribution in [0.15, 0.2) is 18.2 Å². The van der Waals surface area contributed by atoms with Crippen molar-refractivity contribution in [1.29, 1.82) is 0 Å². The Hall–Kier alpha value is -0.870. The van der Waals surface area contributed by atoms with Gasteiger partial charge in [0, 0.05) is 35.4 Å². The summed E-state index contributed by atoms with van der Waals surface area (Å²) in [5.74, 6) is 0.499. The quantitative estimate of drug-likeness (QED) is 0.721. The van der Waals surface area contributed by atoms with Gasteiger partial charge in [0.1, 0.15) is 5.88 Å². The van der Waals surface area contributed by atoms with E-state index in [1.54, 1.807) is 11.2 Å². The standard InChI is InChI=1S/C16H24ClNO2S/c1-12-6-5-7-13(2)15(12)11-18(16(19)10-17)14(3)8-9-21(4)20/h5-7,14H,8-11H2,1-4H3. The first-order valence-corrected chi connectivity index (χ1v) is 9.33. The molecule has 21 heavy (non-hydrogen) atoms. The fraction of sp³-hybridized carbons (Fsp3) is 0.562. The first kappa shape index (κ1) is 18.2. The average Bonchev–Trinajstić information content (AvgIpc) is 2.43. The summed E-state index contributed by atoms with van der Waals surface area (Å²) in [5, 5.41) is 0. The molecule has 0 spiro atoms. The van der Waals surface area contributed by atoms with Crippen LogP contribution in [0.1, 0.15) is 30.0 Å². The summed E-state index contributed by atoms with van der Waals surface area (Å²) >= 11 is 5.75. The molecule has 0 aliphatic carbocycles. The maximum atomic E-state index is 12.1. The number of hydrogen-bond donors (Lipinski definition) is 0. The number of benzene rings is 1. The van der Waals surface area contributed by atoms with E-state index in [0.29, 0.717) is 12.3 Å². The highest BCUT2D eigenvalue weighted by Crippen LogP contribution is 2.19. The number of carbonyl (C=O) groups is 1. The minimum atomic E-state index is -0.844. The molecule has 2 atom stereocenters. The van der Waals surface area contributed by atoms with Crippen LogP contribution in [0.2, 0.25) is 0 Å². The molecule has 0 bridgehead atoms. The normalized spacial score (nSPS) is 13.8. The molecule has 1 rings (SSSR count). The molecule has 0 heterocycles. The number of amides is 1. The molecule has 3 nitrogen and oxygen atoms in total. The number of halogens is 1. The fourth-order valence-electron chi connectivity index (χ4n) is 2.33. The van der Waals surface area contributed by atoms with Crippen molar-refractivity contribution in [2.75, 3.05) is 17.9 Å². The van der Waals surface area contributed by atoms with E-state index < -0.39 is 10.8 Å². The lowest BCUT2D eigenvalue weighted by Gasteiger charge is -2.30. The fourth-order valence-corrected chi connectivity index (χ4v) is 3.15. The van der Waals surface area contributed by atoms with Gasteiger partial charge in [0.15, 0.2) is 0 Å². The van der Waals surface area contributed by atoms with Crippen LogP contribution in [-0.4, -0.2) is 38.9 Å². The van der Waals surface area contributed by atoms with Gasteiger partial charge in [0.05, 0.1) is 0 Å². The monoisotopic (exact) mass is 329 g/mol. The number of rotatable bonds is 7. The summed E-state index contributed by atoms with van der Waals surface area (Å²) in [4.78, 5) is 13.9. The SMILES string of the molecule is Cc1cccc(C)c1CN(C(=O)CCl)C(C)CCS(C)=O. The summed E-state index contributed by atoms with van der Waals surface area (Å²) < 4.78 is 11.3. The summed E-state index contributed by atoms with van der Waals surface area (Å²) in [6.45, 7) is 6.65. The van der Waals surface area contributed by atoms with E-state index in [4.69, 9.17) is 11.6 Å². The third kappa shape index (κ3) is 5.44. The van der Waals surface area contributed by atoms with Gasteiger partial charge in [-0.25, -0.2) is 0 Å². The lowest BCUT2D eigenvalue weighted by atomic mass is 10.0. The van der Waals surface area contributed by atoms with Gasteiger partial charge in [-0.2, -0.15) is 0 Å². The van der Waals surface area contributed by atoms with Crippen LogP contribution in [0, 0.1) is 13.8 Å². The first-order chi connectivity index (χ1) is 9.86. The minimum Gasteiger partial charge on any atom is -0.335 e. The van der Waals surface area contributed by atoms with Gasteiger partial charge >= 0.3 is 0 Å². The molecule has 0 fully saturated rings. The lowest BCUT2D eigenvalue weighted by molar-refractivity contribution is -0.131. The molecular weight excluding hydrogens is 306 g/mol. The maximum absolute atomic E-state index is 12.1. The molecule has 1 aromatic rings. The Kier molecular flexibility index (Phi) is 7.40. The molecule has 2 unspecified atom stereocenters. The zero-order valence-electron chi connectivity index (χ0n) is 13.2. The van der Waals surface area contributed by atoms with E-state index in [1.165, 1.54) is 16.7 Å². The van der Waals surface area contributed by atoms with Crippen molar-refractivity contribution in [2.24, 2.45) is 0 Å². The van der Waals surface area contributed by atoms with E-state index in [9.17, 15) is 9.00 Å². The summed E-state index contributed by atoms with van der Waals surface area (Å²) in [6.07, 6.45) is 2.41. The van der Waals surface area contributed by atoms with Crippen molar-refractivity contribution in [1.82, 2.24) is 4.90 Å². The maximum Gasteiger partial charge on any atom is 0.238 e. The van der Waals surface area contributed by atoms with E-state index in [-0.39, 0.29) is 17.8 Å². The molecule has 118 valence electrons. The number of hydrogen-bond acceptors (Lipinski definition) is 2. The molecular formula is C16H24ClNO2S. The topological polar surface area (TPSA) is 37.4 Å². The van der Waals surface area contributed by atoms with Gasteiger partial charge in [0.2, 0.25) is 5.91 Å². The molecule has 0 radical (unpaired) electrons. The predicted molar refractivity (Wildman–Crippen MR) is 90.2 cm³/mol. The van der Waals surface area contributed by atoms with E-state index in [0.717, 1.165) is 6.42 Å². The second-order valence-electron chi connectivity index (χ2n) is 5.44. The third-order valence-corrected chi connectivity index (χ3v) is 4.80. The second-order valence-corrected chi connectivity index (χ2v) is 7.26. The third-order valence-electron chi connectivity index (χ3n) is 3.76. The van der Waals surface area contributed by atoms with Gasteiger partial charge < -0.3 is 4.90 Å². The van der Waals surface area contributed by atoms with E-state index in [2.05, 4.69) is 26.0 Å². The number of aryl methyl sites for hydroxylation is 2. The number of nitrogens with zero attached hydrogens (tertiary/aromatic N) is 1. The van der Waals surface area contributed by atoms with Crippen LogP contribution in [0.5, 0.6) is 0 Å². The molecule has 1 amide bonds. The van der Waals surface area contributed by atoms with Crippen molar-refractivity contribution in [2.45, 2.75) is 39.8 Å². The van der Waals surface area contributed by atoms with Crippen LogP contribution in [-0.2, 0) is 22.1 Å². The average molecular weight is 330 g/mol. The van der Waals surface area contributed by atoms with Gasteiger partial charge in [-0.15, -0.1) is 11.6 Å². The van der Waals surface area contributed by atoms with E-state index >= 15 is 0 Å². The molecule has 0 aromatic heterocycles. The largest absolute Gasteiger partial charge is 0.335 e. The smallest absolute Gasteiger partial charge is 0.238 e. The summed E-state index contributed by atoms with van der Waals surface area (Å²) in [7, 11) is -0.844. The van der Waals surface area contributed by atoms with Crippen molar-refractivity contribution in [3.8, 4) is 0 Å². The Morgan fingerprint density at radius 2 is 1.90 bits per heavy atom. The Labute approximate surface area is 135 Å². The van der Waals surface area contributed by atoms with Crippen molar-refractivity contribution in [3.63, 3.8) is 0 Å². The molecule has 5 heteroatoms. The number of carbonyl (C=O) groups excluding carboxylic acids is 1. The molecule has 0 saturated carbocycles. The van der Waals surface area contributed by atoms with Crippen LogP contribution in [0.4, 0.5) is 0 Å². The van der Waals surface area contributed by atoms with Crippen molar-refractivity contribution in [3.05, 3.63) is 34.9 Å². The van der Waals surface area contributed by atoms with Crippen molar-refractivity contribution >= 4 is 28.3 Å². The highest BCUT2D eigenvalue weighted by Gasteiger charge is 2.21. The molecule has 0 saturated heterocycles. The zero-order chi connectivity index (χ0) is 16.0. The van der Waals surface area contributed by atoms with Gasteiger partial charge in [-0.1, -0.05) is 18.2 Å². The Balaban J connectivity index is 2.93. The Morgan fingerprint density at radius 1 is 1.33 bits per heavy atom. The van der Waals surface area contributed by atoms with Crippen LogP contribution in [0.25, 0.3) is 0 Å². The van der Waals surface area contributed by atoms with E-state index in [1.807, 2.05) is 13.0 Å². The zero-order valence-corrected chi connectivity index (χ0v) is 14.8. The summed E-state index contributed by atoms with van der Waals surface area (Å²) in [6, 6.07) is 6.15. The van der Waals surface area contributed by atoms with Crippen LogP contribution >= 0.6 is 11.6 Å². The predicted octanol–water partition coefficient (Wildman–Crippen LogP) is 3.03. The molecule has 0 aliphatic rings. The van der Waals surface area contributed by atoms with Crippen LogP contribution in [0.3, 0.4) is 0 Å². The lowest BCUT2D eigenvalue weighted by Crippen LogP contribution is -2.40. The Bertz CT molecular complexity index is 499. The highest BCUT2D eigenvalue weighted by atomic mass is 35.5. The van der Waals surface area contributed by atoms with Gasteiger partial charge in [0.25, 0.3) is 0 Å². The van der Waals surface area contributed by atoms with Gasteiger partial charge in [-0.3, -0.25) is 9.00 Å².